The van der Waals surface area contributed by atoms with Crippen LogP contribution in [0.25, 0.3) is 0 Å². The molecule has 0 spiro atoms. The van der Waals surface area contributed by atoms with Crippen molar-refractivity contribution in [1.82, 2.24) is 9.78 Å². The molecule has 1 aliphatic rings. The van der Waals surface area contributed by atoms with Gasteiger partial charge in [0.15, 0.2) is 5.82 Å². The summed E-state index contributed by atoms with van der Waals surface area (Å²) in [6, 6.07) is 2.14. The quantitative estimate of drug-likeness (QED) is 0.779. The lowest BCUT2D eigenvalue weighted by Crippen LogP contribution is -2.15. The van der Waals surface area contributed by atoms with Crippen molar-refractivity contribution in [2.45, 2.75) is 59.4 Å². The molecule has 1 aliphatic carbocycles. The Balaban J connectivity index is 2.25. The van der Waals surface area contributed by atoms with Crippen molar-refractivity contribution >= 4 is 17.3 Å². The van der Waals surface area contributed by atoms with Gasteiger partial charge in [0, 0.05) is 24.1 Å². The van der Waals surface area contributed by atoms with Crippen LogP contribution in [-0.2, 0) is 11.3 Å². The molecular weight excluding hydrogens is 264 g/mol. The Morgan fingerprint density at radius 3 is 2.81 bits per heavy atom. The zero-order chi connectivity index (χ0) is 15.5. The first-order valence-corrected chi connectivity index (χ1v) is 7.53. The summed E-state index contributed by atoms with van der Waals surface area (Å²) in [7, 11) is 0. The molecule has 0 amide bonds. The Hall–Kier alpha value is -1.96. The normalized spacial score (nSPS) is 19.1. The number of aryl methyl sites for hydroxylation is 1. The number of ketones is 1. The van der Waals surface area contributed by atoms with Crippen LogP contribution in [0.4, 0.5) is 5.82 Å². The van der Waals surface area contributed by atoms with Crippen LogP contribution in [0.1, 0.15) is 58.4 Å². The van der Waals surface area contributed by atoms with Crippen LogP contribution in [0.15, 0.2) is 11.2 Å². The summed E-state index contributed by atoms with van der Waals surface area (Å²) < 4.78 is 1.79. The molecule has 5 heteroatoms. The topological polar surface area (TPSA) is 71.0 Å². The molecular formula is C16H22N4O. The second kappa shape index (κ2) is 6.21. The fourth-order valence-corrected chi connectivity index (χ4v) is 2.58. The Morgan fingerprint density at radius 2 is 2.24 bits per heavy atom. The summed E-state index contributed by atoms with van der Waals surface area (Å²) in [4.78, 5) is 16.5. The van der Waals surface area contributed by atoms with E-state index in [9.17, 15) is 10.1 Å². The molecule has 0 bridgehead atoms. The minimum absolute atomic E-state index is 0.219. The fourth-order valence-electron chi connectivity index (χ4n) is 2.58. The van der Waals surface area contributed by atoms with Crippen molar-refractivity contribution in [3.63, 3.8) is 0 Å². The zero-order valence-corrected chi connectivity index (χ0v) is 13.0. The number of hydrogen-bond donors (Lipinski definition) is 0. The number of nitrogens with zero attached hydrogens (tertiary/aromatic N) is 4. The van der Waals surface area contributed by atoms with Crippen LogP contribution in [0, 0.1) is 16.7 Å². The Morgan fingerprint density at radius 1 is 1.48 bits per heavy atom. The highest BCUT2D eigenvalue weighted by molar-refractivity contribution is 6.11. The molecule has 1 aromatic heterocycles. The lowest BCUT2D eigenvalue weighted by molar-refractivity contribution is -0.124. The lowest BCUT2D eigenvalue weighted by Gasteiger charge is -2.12. The van der Waals surface area contributed by atoms with E-state index in [-0.39, 0.29) is 11.2 Å². The van der Waals surface area contributed by atoms with Crippen molar-refractivity contribution in [3.05, 3.63) is 11.8 Å². The van der Waals surface area contributed by atoms with Crippen LogP contribution in [-0.4, -0.2) is 21.3 Å². The van der Waals surface area contributed by atoms with E-state index in [1.54, 1.807) is 10.9 Å². The average molecular weight is 286 g/mol. The van der Waals surface area contributed by atoms with Crippen LogP contribution >= 0.6 is 0 Å². The van der Waals surface area contributed by atoms with Crippen molar-refractivity contribution in [2.75, 3.05) is 0 Å². The first-order chi connectivity index (χ1) is 9.97. The summed E-state index contributed by atoms with van der Waals surface area (Å²) in [5.74, 6) is 0.825. The molecule has 112 valence electrons. The molecule has 2 rings (SSSR count). The predicted molar refractivity (Wildman–Crippen MR) is 81.6 cm³/mol. The van der Waals surface area contributed by atoms with E-state index in [4.69, 9.17) is 0 Å². The maximum absolute atomic E-state index is 11.9. The molecule has 1 saturated carbocycles. The van der Waals surface area contributed by atoms with Gasteiger partial charge in [-0.05, 0) is 12.8 Å². The van der Waals surface area contributed by atoms with Gasteiger partial charge in [-0.3, -0.25) is 4.79 Å². The molecule has 5 nitrogen and oxygen atoms in total. The SMILES string of the molecule is CCCCCn1ncc(C#N)c1N=C1CC(=O)C(C)(C)C1. The molecule has 0 aromatic carbocycles. The molecule has 0 atom stereocenters. The molecule has 0 N–H and O–H groups in total. The van der Waals surface area contributed by atoms with Crippen molar-refractivity contribution in [1.29, 1.82) is 5.26 Å². The number of aliphatic imine (C=N–C) groups is 1. The van der Waals surface area contributed by atoms with Gasteiger partial charge in [-0.25, -0.2) is 9.67 Å². The van der Waals surface area contributed by atoms with Crippen LogP contribution in [0.5, 0.6) is 0 Å². The van der Waals surface area contributed by atoms with Gasteiger partial charge in [0.05, 0.1) is 6.20 Å². The standard InChI is InChI=1S/C16H22N4O/c1-4-5-6-7-20-15(12(10-17)11-18-20)19-13-8-14(21)16(2,3)9-13/h11H,4-9H2,1-3H3. The summed E-state index contributed by atoms with van der Waals surface area (Å²) in [6.07, 6.45) is 5.90. The molecule has 1 fully saturated rings. The molecule has 0 unspecified atom stereocenters. The van der Waals surface area contributed by atoms with Crippen LogP contribution in [0.3, 0.4) is 0 Å². The van der Waals surface area contributed by atoms with E-state index in [1.165, 1.54) is 0 Å². The molecule has 1 heterocycles. The number of Topliss-reactive ketones (excluding diaryl/α,β-unsaturated/α-hetero) is 1. The zero-order valence-electron chi connectivity index (χ0n) is 13.0. The molecule has 0 radical (unpaired) electrons. The monoisotopic (exact) mass is 286 g/mol. The molecule has 21 heavy (non-hydrogen) atoms. The third kappa shape index (κ3) is 3.38. The smallest absolute Gasteiger partial charge is 0.168 e. The highest BCUT2D eigenvalue weighted by Gasteiger charge is 2.36. The van der Waals surface area contributed by atoms with E-state index in [1.807, 2.05) is 13.8 Å². The van der Waals surface area contributed by atoms with Gasteiger partial charge in [-0.1, -0.05) is 33.6 Å². The van der Waals surface area contributed by atoms with Gasteiger partial charge < -0.3 is 0 Å². The summed E-state index contributed by atoms with van der Waals surface area (Å²) in [5.41, 5.74) is 1.01. The number of unbranched alkanes of at least 4 members (excludes halogenated alkanes) is 2. The van der Waals surface area contributed by atoms with Crippen LogP contribution < -0.4 is 0 Å². The van der Waals surface area contributed by atoms with Gasteiger partial charge in [-0.15, -0.1) is 0 Å². The minimum atomic E-state index is -0.335. The van der Waals surface area contributed by atoms with E-state index in [0.717, 1.165) is 31.5 Å². The highest BCUT2D eigenvalue weighted by atomic mass is 16.1. The maximum atomic E-state index is 11.9. The summed E-state index contributed by atoms with van der Waals surface area (Å²) in [5, 5.41) is 13.5. The number of carbonyl (C=O) groups is 1. The highest BCUT2D eigenvalue weighted by Crippen LogP contribution is 2.33. The third-order valence-corrected chi connectivity index (χ3v) is 3.94. The largest absolute Gasteiger partial charge is 0.299 e. The molecule has 0 aliphatic heterocycles. The van der Waals surface area contributed by atoms with E-state index < -0.39 is 0 Å². The van der Waals surface area contributed by atoms with E-state index >= 15 is 0 Å². The first kappa shape index (κ1) is 15.4. The van der Waals surface area contributed by atoms with Gasteiger partial charge in [0.25, 0.3) is 0 Å². The Bertz CT molecular complexity index is 604. The fraction of sp³-hybridized carbons (Fsp3) is 0.625. The number of hydrogen-bond acceptors (Lipinski definition) is 4. The Kier molecular flexibility index (Phi) is 4.56. The number of aromatic nitrogens is 2. The number of carbonyl (C=O) groups excluding carboxylic acids is 1. The first-order valence-electron chi connectivity index (χ1n) is 7.53. The molecule has 1 aromatic rings. The van der Waals surface area contributed by atoms with Crippen molar-refractivity contribution in [2.24, 2.45) is 10.4 Å². The maximum Gasteiger partial charge on any atom is 0.168 e. The second-order valence-corrected chi connectivity index (χ2v) is 6.26. The third-order valence-electron chi connectivity index (χ3n) is 3.94. The van der Waals surface area contributed by atoms with E-state index in [0.29, 0.717) is 24.2 Å². The number of nitriles is 1. The second-order valence-electron chi connectivity index (χ2n) is 6.26. The average Bonchev–Trinajstić information content (AvgIpc) is 2.92. The minimum Gasteiger partial charge on any atom is -0.299 e. The van der Waals surface area contributed by atoms with Gasteiger partial charge in [0.2, 0.25) is 0 Å². The Labute approximate surface area is 125 Å². The van der Waals surface area contributed by atoms with E-state index in [2.05, 4.69) is 23.1 Å². The lowest BCUT2D eigenvalue weighted by atomic mass is 9.91. The summed E-state index contributed by atoms with van der Waals surface area (Å²) >= 11 is 0. The van der Waals surface area contributed by atoms with Crippen molar-refractivity contribution in [3.8, 4) is 6.07 Å². The van der Waals surface area contributed by atoms with Crippen LogP contribution in [0.2, 0.25) is 0 Å². The molecule has 0 saturated heterocycles. The van der Waals surface area contributed by atoms with Gasteiger partial charge >= 0.3 is 0 Å². The number of rotatable bonds is 5. The summed E-state index contributed by atoms with van der Waals surface area (Å²) in [6.45, 7) is 6.80. The van der Waals surface area contributed by atoms with Gasteiger partial charge in [0.1, 0.15) is 17.4 Å². The predicted octanol–water partition coefficient (Wildman–Crippen LogP) is 3.41. The van der Waals surface area contributed by atoms with Gasteiger partial charge in [-0.2, -0.15) is 10.4 Å². The van der Waals surface area contributed by atoms with Crippen molar-refractivity contribution < 1.29 is 4.79 Å².